The molecule has 0 aromatic heterocycles. The SMILES string of the molecule is Cc1cc(Cl)c(C)c(S(=O)(=O)NOCC(=O)O)c1Cl. The van der Waals surface area contributed by atoms with Crippen molar-refractivity contribution in [1.29, 1.82) is 0 Å². The Bertz CT molecular complexity index is 589. The number of carboxylic acid groups (broad SMARTS) is 1. The molecule has 0 aliphatic rings. The van der Waals surface area contributed by atoms with E-state index in [1.165, 1.54) is 13.0 Å². The minimum absolute atomic E-state index is 0.00771. The first-order chi connectivity index (χ1) is 8.66. The van der Waals surface area contributed by atoms with Gasteiger partial charge < -0.3 is 5.11 Å². The lowest BCUT2D eigenvalue weighted by atomic mass is 10.2. The minimum Gasteiger partial charge on any atom is -0.479 e. The lowest BCUT2D eigenvalue weighted by Gasteiger charge is -2.13. The van der Waals surface area contributed by atoms with Gasteiger partial charge in [-0.15, -0.1) is 0 Å². The van der Waals surface area contributed by atoms with Gasteiger partial charge in [-0.1, -0.05) is 28.1 Å². The van der Waals surface area contributed by atoms with Gasteiger partial charge in [0.25, 0.3) is 10.0 Å². The van der Waals surface area contributed by atoms with Crippen molar-refractivity contribution in [2.24, 2.45) is 0 Å². The van der Waals surface area contributed by atoms with Crippen LogP contribution in [-0.4, -0.2) is 26.1 Å². The molecule has 0 saturated heterocycles. The molecule has 0 fully saturated rings. The molecule has 0 amide bonds. The third-order valence-corrected chi connectivity index (χ3v) is 4.60. The summed E-state index contributed by atoms with van der Waals surface area (Å²) in [5, 5.41) is 8.62. The third-order valence-electron chi connectivity index (χ3n) is 2.22. The van der Waals surface area contributed by atoms with Crippen molar-refractivity contribution >= 4 is 39.2 Å². The molecule has 2 N–H and O–H groups in total. The van der Waals surface area contributed by atoms with Crippen LogP contribution in [0.5, 0.6) is 0 Å². The summed E-state index contributed by atoms with van der Waals surface area (Å²) in [6.07, 6.45) is 0. The number of hydrogen-bond donors (Lipinski definition) is 2. The van der Waals surface area contributed by atoms with Crippen LogP contribution < -0.4 is 4.89 Å². The zero-order valence-electron chi connectivity index (χ0n) is 10.0. The summed E-state index contributed by atoms with van der Waals surface area (Å²) in [5.74, 6) is -1.31. The minimum atomic E-state index is -4.11. The van der Waals surface area contributed by atoms with Crippen LogP contribution in [0.1, 0.15) is 11.1 Å². The molecule has 0 aliphatic carbocycles. The van der Waals surface area contributed by atoms with Crippen molar-refractivity contribution in [1.82, 2.24) is 4.89 Å². The largest absolute Gasteiger partial charge is 0.479 e. The van der Waals surface area contributed by atoms with Gasteiger partial charge in [-0.25, -0.2) is 13.2 Å². The number of hydrogen-bond acceptors (Lipinski definition) is 4. The van der Waals surface area contributed by atoms with Crippen LogP contribution in [0.3, 0.4) is 0 Å². The maximum Gasteiger partial charge on any atom is 0.331 e. The first-order valence-corrected chi connectivity index (χ1v) is 7.21. The number of nitrogens with one attached hydrogen (secondary N) is 1. The average Bonchev–Trinajstić information content (AvgIpc) is 2.25. The fraction of sp³-hybridized carbons (Fsp3) is 0.300. The average molecular weight is 328 g/mol. The van der Waals surface area contributed by atoms with E-state index in [1.54, 1.807) is 11.8 Å². The first kappa shape index (κ1) is 16.2. The highest BCUT2D eigenvalue weighted by Crippen LogP contribution is 2.33. The quantitative estimate of drug-likeness (QED) is 0.806. The number of aliphatic carboxylic acids is 1. The van der Waals surface area contributed by atoms with E-state index in [0.29, 0.717) is 5.56 Å². The first-order valence-electron chi connectivity index (χ1n) is 4.97. The maximum absolute atomic E-state index is 12.0. The molecule has 19 heavy (non-hydrogen) atoms. The fourth-order valence-corrected chi connectivity index (χ4v) is 3.37. The van der Waals surface area contributed by atoms with Crippen molar-refractivity contribution in [3.05, 3.63) is 27.2 Å². The van der Waals surface area contributed by atoms with Crippen molar-refractivity contribution in [2.45, 2.75) is 18.7 Å². The highest BCUT2D eigenvalue weighted by molar-refractivity contribution is 7.89. The Kier molecular flexibility index (Phi) is 5.17. The second-order valence-electron chi connectivity index (χ2n) is 3.71. The monoisotopic (exact) mass is 327 g/mol. The van der Waals surface area contributed by atoms with E-state index in [2.05, 4.69) is 4.84 Å². The molecule has 0 aliphatic heterocycles. The van der Waals surface area contributed by atoms with Crippen LogP contribution in [0.25, 0.3) is 0 Å². The molecule has 0 saturated carbocycles. The number of aryl methyl sites for hydroxylation is 1. The van der Waals surface area contributed by atoms with Gasteiger partial charge in [0, 0.05) is 5.02 Å². The van der Waals surface area contributed by atoms with Gasteiger partial charge in [-0.05, 0) is 31.0 Å². The van der Waals surface area contributed by atoms with Crippen molar-refractivity contribution in [3.63, 3.8) is 0 Å². The van der Waals surface area contributed by atoms with Gasteiger partial charge in [0.2, 0.25) is 0 Å². The molecule has 106 valence electrons. The Morgan fingerprint density at radius 3 is 2.53 bits per heavy atom. The van der Waals surface area contributed by atoms with Gasteiger partial charge in [0.05, 0.1) is 5.02 Å². The highest BCUT2D eigenvalue weighted by Gasteiger charge is 2.24. The van der Waals surface area contributed by atoms with Gasteiger partial charge in [-0.3, -0.25) is 4.84 Å². The molecular weight excluding hydrogens is 317 g/mol. The number of carbonyl (C=O) groups is 1. The number of sulfonamides is 1. The standard InChI is InChI=1S/C10H11Cl2NO5S/c1-5-3-7(11)6(2)10(9(5)12)19(16,17)13-18-4-8(14)15/h3,13H,4H2,1-2H3,(H,14,15). The summed E-state index contributed by atoms with van der Waals surface area (Å²) in [6, 6.07) is 1.54. The topological polar surface area (TPSA) is 92.7 Å². The molecule has 1 aromatic rings. The van der Waals surface area contributed by atoms with Gasteiger partial charge in [-0.2, -0.15) is 0 Å². The summed E-state index contributed by atoms with van der Waals surface area (Å²) < 4.78 is 24.0. The third kappa shape index (κ3) is 3.80. The summed E-state index contributed by atoms with van der Waals surface area (Å²) in [6.45, 7) is 2.28. The Labute approximate surface area is 120 Å². The van der Waals surface area contributed by atoms with Crippen molar-refractivity contribution in [3.8, 4) is 0 Å². The molecule has 0 bridgehead atoms. The second kappa shape index (κ2) is 6.06. The summed E-state index contributed by atoms with van der Waals surface area (Å²) >= 11 is 11.8. The molecular formula is C10H11Cl2NO5S. The molecule has 9 heteroatoms. The van der Waals surface area contributed by atoms with E-state index >= 15 is 0 Å². The number of carboxylic acids is 1. The predicted molar refractivity (Wildman–Crippen MR) is 69.8 cm³/mol. The predicted octanol–water partition coefficient (Wildman–Crippen LogP) is 1.90. The smallest absolute Gasteiger partial charge is 0.331 e. The van der Waals surface area contributed by atoms with Gasteiger partial charge >= 0.3 is 5.97 Å². The van der Waals surface area contributed by atoms with Crippen LogP contribution in [0.4, 0.5) is 0 Å². The number of halogens is 2. The van der Waals surface area contributed by atoms with E-state index in [1.807, 2.05) is 0 Å². The second-order valence-corrected chi connectivity index (χ2v) is 6.08. The molecule has 0 unspecified atom stereocenters. The van der Waals surface area contributed by atoms with Crippen LogP contribution in [0.15, 0.2) is 11.0 Å². The summed E-state index contributed by atoms with van der Waals surface area (Å²) in [4.78, 5) is 16.1. The van der Waals surface area contributed by atoms with E-state index in [0.717, 1.165) is 0 Å². The van der Waals surface area contributed by atoms with Crippen molar-refractivity contribution in [2.75, 3.05) is 6.61 Å². The van der Waals surface area contributed by atoms with E-state index in [-0.39, 0.29) is 20.5 Å². The summed E-state index contributed by atoms with van der Waals surface area (Å²) in [7, 11) is -4.11. The maximum atomic E-state index is 12.0. The molecule has 0 heterocycles. The molecule has 1 aromatic carbocycles. The van der Waals surface area contributed by atoms with Crippen LogP contribution >= 0.6 is 23.2 Å². The Balaban J connectivity index is 3.18. The zero-order valence-corrected chi connectivity index (χ0v) is 12.4. The van der Waals surface area contributed by atoms with Gasteiger partial charge in [0.15, 0.2) is 6.61 Å². The number of benzene rings is 1. The molecule has 0 spiro atoms. The van der Waals surface area contributed by atoms with E-state index in [9.17, 15) is 13.2 Å². The van der Waals surface area contributed by atoms with E-state index < -0.39 is 22.6 Å². The number of rotatable bonds is 5. The van der Waals surface area contributed by atoms with E-state index in [4.69, 9.17) is 28.3 Å². The lowest BCUT2D eigenvalue weighted by Crippen LogP contribution is -2.27. The van der Waals surface area contributed by atoms with Crippen LogP contribution in [0.2, 0.25) is 10.0 Å². The summed E-state index contributed by atoms with van der Waals surface area (Å²) in [5.41, 5.74) is 0.736. The van der Waals surface area contributed by atoms with Crippen LogP contribution in [0, 0.1) is 13.8 Å². The van der Waals surface area contributed by atoms with Gasteiger partial charge in [0.1, 0.15) is 4.90 Å². The molecule has 6 nitrogen and oxygen atoms in total. The molecule has 0 radical (unpaired) electrons. The van der Waals surface area contributed by atoms with Crippen LogP contribution in [-0.2, 0) is 19.7 Å². The molecule has 1 rings (SSSR count). The normalized spacial score (nSPS) is 11.6. The fourth-order valence-electron chi connectivity index (χ4n) is 1.34. The Morgan fingerprint density at radius 1 is 1.42 bits per heavy atom. The Morgan fingerprint density at radius 2 is 2.00 bits per heavy atom. The highest BCUT2D eigenvalue weighted by atomic mass is 35.5. The Hall–Kier alpha value is -0.860. The molecule has 0 atom stereocenters. The van der Waals surface area contributed by atoms with Crippen molar-refractivity contribution < 1.29 is 23.2 Å². The zero-order chi connectivity index (χ0) is 14.8. The lowest BCUT2D eigenvalue weighted by molar-refractivity contribution is -0.143.